The number of nitrogens with zero attached hydrogens (tertiary/aromatic N) is 3. The number of benzene rings is 1. The van der Waals surface area contributed by atoms with Crippen LogP contribution in [0.2, 0.25) is 0 Å². The van der Waals surface area contributed by atoms with E-state index in [1.54, 1.807) is 0 Å². The van der Waals surface area contributed by atoms with Gasteiger partial charge in [0.2, 0.25) is 5.95 Å². The molecule has 4 N–H and O–H groups in total. The summed E-state index contributed by atoms with van der Waals surface area (Å²) in [6, 6.07) is 9.58. The number of hydrogen-bond acceptors (Lipinski definition) is 5. The first-order chi connectivity index (χ1) is 8.72. The Morgan fingerprint density at radius 3 is 2.83 bits per heavy atom. The average Bonchev–Trinajstić information content (AvgIpc) is 2.74. The summed E-state index contributed by atoms with van der Waals surface area (Å²) in [5.74, 6) is 1.60. The van der Waals surface area contributed by atoms with Gasteiger partial charge in [-0.3, -0.25) is 5.10 Å². The lowest BCUT2D eigenvalue weighted by Gasteiger charge is -2.06. The predicted molar refractivity (Wildman–Crippen MR) is 70.6 cm³/mol. The molecule has 3 aromatic rings. The molecule has 0 saturated carbocycles. The molecule has 90 valence electrons. The van der Waals surface area contributed by atoms with Crippen LogP contribution < -0.4 is 11.1 Å². The fraction of sp³-hybridized carbons (Fsp3) is 0.0833. The first kappa shape index (κ1) is 10.5. The molecule has 0 atom stereocenters. The highest BCUT2D eigenvalue weighted by atomic mass is 15.2. The molecule has 2 heterocycles. The lowest BCUT2D eigenvalue weighted by Crippen LogP contribution is -2.01. The zero-order valence-corrected chi connectivity index (χ0v) is 9.81. The lowest BCUT2D eigenvalue weighted by molar-refractivity contribution is 1.05. The number of anilines is 3. The number of hydrogen-bond donors (Lipinski definition) is 3. The molecule has 0 saturated heterocycles. The highest BCUT2D eigenvalue weighted by Crippen LogP contribution is 2.23. The maximum Gasteiger partial charge on any atom is 0.222 e. The van der Waals surface area contributed by atoms with Gasteiger partial charge in [-0.25, -0.2) is 4.98 Å². The van der Waals surface area contributed by atoms with Crippen molar-refractivity contribution in [3.05, 3.63) is 36.0 Å². The number of fused-ring (bicyclic) bond motifs is 1. The molecule has 6 heteroatoms. The molecule has 0 fully saturated rings. The van der Waals surface area contributed by atoms with Crippen molar-refractivity contribution in [2.75, 3.05) is 11.1 Å². The topological polar surface area (TPSA) is 92.5 Å². The molecule has 0 spiro atoms. The number of para-hydroxylation sites is 1. The molecule has 0 unspecified atom stereocenters. The van der Waals surface area contributed by atoms with Crippen LogP contribution in [0.5, 0.6) is 0 Å². The summed E-state index contributed by atoms with van der Waals surface area (Å²) in [7, 11) is 0. The minimum Gasteiger partial charge on any atom is -0.368 e. The van der Waals surface area contributed by atoms with Crippen molar-refractivity contribution in [1.29, 1.82) is 0 Å². The second-order valence-corrected chi connectivity index (χ2v) is 4.01. The fourth-order valence-corrected chi connectivity index (χ4v) is 1.79. The van der Waals surface area contributed by atoms with Gasteiger partial charge in [-0.05, 0) is 19.1 Å². The average molecular weight is 240 g/mol. The number of H-pyrrole nitrogens is 1. The Kier molecular flexibility index (Phi) is 2.33. The zero-order chi connectivity index (χ0) is 12.5. The Morgan fingerprint density at radius 1 is 1.22 bits per heavy atom. The minimum atomic E-state index is 0.239. The molecule has 0 aliphatic heterocycles. The van der Waals surface area contributed by atoms with Crippen LogP contribution in [0.15, 0.2) is 30.3 Å². The van der Waals surface area contributed by atoms with E-state index in [1.165, 1.54) is 0 Å². The van der Waals surface area contributed by atoms with Gasteiger partial charge in [0.25, 0.3) is 0 Å². The molecule has 6 nitrogen and oxygen atoms in total. The Morgan fingerprint density at radius 2 is 2.06 bits per heavy atom. The van der Waals surface area contributed by atoms with E-state index >= 15 is 0 Å². The van der Waals surface area contributed by atoms with Gasteiger partial charge in [-0.2, -0.15) is 10.1 Å². The van der Waals surface area contributed by atoms with E-state index in [9.17, 15) is 0 Å². The highest BCUT2D eigenvalue weighted by molar-refractivity contribution is 5.91. The number of rotatable bonds is 2. The van der Waals surface area contributed by atoms with Gasteiger partial charge >= 0.3 is 0 Å². The second-order valence-electron chi connectivity index (χ2n) is 4.01. The fourth-order valence-electron chi connectivity index (χ4n) is 1.79. The summed E-state index contributed by atoms with van der Waals surface area (Å²) >= 11 is 0. The van der Waals surface area contributed by atoms with Gasteiger partial charge < -0.3 is 11.1 Å². The van der Waals surface area contributed by atoms with E-state index in [1.807, 2.05) is 37.3 Å². The minimum absolute atomic E-state index is 0.239. The summed E-state index contributed by atoms with van der Waals surface area (Å²) in [5.41, 5.74) is 7.47. The molecule has 0 radical (unpaired) electrons. The predicted octanol–water partition coefficient (Wildman–Crippen LogP) is 1.99. The SMILES string of the molecule is Cc1cc(Nc2nc(N)nc3ccccc23)n[nH]1. The molecule has 1 aromatic carbocycles. The standard InChI is InChI=1S/C12H12N6/c1-7-6-10(18-17-7)15-11-8-4-2-3-5-9(8)14-12(13)16-11/h2-6H,1H3,(H4,13,14,15,16,17,18). The van der Waals surface area contributed by atoms with E-state index in [2.05, 4.69) is 25.5 Å². The summed E-state index contributed by atoms with van der Waals surface area (Å²) in [6.45, 7) is 1.94. The van der Waals surface area contributed by atoms with Gasteiger partial charge in [0.05, 0.1) is 5.52 Å². The number of nitrogens with two attached hydrogens (primary N) is 1. The van der Waals surface area contributed by atoms with Gasteiger partial charge in [-0.1, -0.05) is 12.1 Å². The van der Waals surface area contributed by atoms with Crippen LogP contribution in [-0.4, -0.2) is 20.2 Å². The van der Waals surface area contributed by atoms with E-state index in [-0.39, 0.29) is 5.95 Å². The monoisotopic (exact) mass is 240 g/mol. The van der Waals surface area contributed by atoms with Crippen LogP contribution >= 0.6 is 0 Å². The molecule has 3 rings (SSSR count). The quantitative estimate of drug-likeness (QED) is 0.637. The van der Waals surface area contributed by atoms with Gasteiger partial charge in [-0.15, -0.1) is 0 Å². The maximum absolute atomic E-state index is 5.69. The molecule has 0 aliphatic carbocycles. The normalized spacial score (nSPS) is 10.7. The molecule has 0 amide bonds. The van der Waals surface area contributed by atoms with Crippen molar-refractivity contribution in [3.8, 4) is 0 Å². The van der Waals surface area contributed by atoms with Crippen molar-refractivity contribution in [2.45, 2.75) is 6.92 Å². The maximum atomic E-state index is 5.69. The van der Waals surface area contributed by atoms with Gasteiger partial charge in [0.1, 0.15) is 5.82 Å². The van der Waals surface area contributed by atoms with Crippen molar-refractivity contribution in [2.24, 2.45) is 0 Å². The third-order valence-electron chi connectivity index (χ3n) is 2.57. The molecule has 0 bridgehead atoms. The largest absolute Gasteiger partial charge is 0.368 e. The van der Waals surface area contributed by atoms with E-state index in [4.69, 9.17) is 5.73 Å². The first-order valence-corrected chi connectivity index (χ1v) is 5.54. The van der Waals surface area contributed by atoms with Crippen molar-refractivity contribution < 1.29 is 0 Å². The van der Waals surface area contributed by atoms with Crippen molar-refractivity contribution >= 4 is 28.5 Å². The van der Waals surface area contributed by atoms with Crippen LogP contribution in [0, 0.1) is 6.92 Å². The molecule has 0 aliphatic rings. The van der Waals surface area contributed by atoms with Gasteiger partial charge in [0, 0.05) is 17.1 Å². The summed E-state index contributed by atoms with van der Waals surface area (Å²) in [4.78, 5) is 8.39. The third kappa shape index (κ3) is 1.84. The summed E-state index contributed by atoms with van der Waals surface area (Å²) in [5, 5.41) is 11.0. The van der Waals surface area contributed by atoms with Crippen LogP contribution in [-0.2, 0) is 0 Å². The number of nitrogen functional groups attached to an aromatic ring is 1. The first-order valence-electron chi connectivity index (χ1n) is 5.54. The number of aromatic nitrogens is 4. The Labute approximate surface area is 103 Å². The number of nitrogens with one attached hydrogen (secondary N) is 2. The molecule has 2 aromatic heterocycles. The smallest absolute Gasteiger partial charge is 0.222 e. The molecular formula is C12H12N6. The van der Waals surface area contributed by atoms with E-state index in [0.29, 0.717) is 11.6 Å². The van der Waals surface area contributed by atoms with Crippen LogP contribution in [0.25, 0.3) is 10.9 Å². The number of aryl methyl sites for hydroxylation is 1. The van der Waals surface area contributed by atoms with Crippen LogP contribution in [0.3, 0.4) is 0 Å². The summed E-state index contributed by atoms with van der Waals surface area (Å²) < 4.78 is 0. The molecular weight excluding hydrogens is 228 g/mol. The Balaban J connectivity index is 2.10. The highest BCUT2D eigenvalue weighted by Gasteiger charge is 2.07. The Hall–Kier alpha value is -2.63. The van der Waals surface area contributed by atoms with Crippen LogP contribution in [0.1, 0.15) is 5.69 Å². The van der Waals surface area contributed by atoms with Crippen LogP contribution in [0.4, 0.5) is 17.6 Å². The summed E-state index contributed by atoms with van der Waals surface area (Å²) in [6.07, 6.45) is 0. The van der Waals surface area contributed by atoms with E-state index < -0.39 is 0 Å². The lowest BCUT2D eigenvalue weighted by atomic mass is 10.2. The zero-order valence-electron chi connectivity index (χ0n) is 9.81. The molecule has 18 heavy (non-hydrogen) atoms. The van der Waals surface area contributed by atoms with Gasteiger partial charge in [0.15, 0.2) is 5.82 Å². The van der Waals surface area contributed by atoms with Crippen molar-refractivity contribution in [1.82, 2.24) is 20.2 Å². The third-order valence-corrected chi connectivity index (χ3v) is 2.57. The van der Waals surface area contributed by atoms with Crippen molar-refractivity contribution in [3.63, 3.8) is 0 Å². The number of aromatic amines is 1. The second kappa shape index (κ2) is 3.99. The van der Waals surface area contributed by atoms with E-state index in [0.717, 1.165) is 16.6 Å². The Bertz CT molecular complexity index is 703.